The van der Waals surface area contributed by atoms with Gasteiger partial charge in [-0.25, -0.2) is 4.68 Å². The zero-order chi connectivity index (χ0) is 16.4. The van der Waals surface area contributed by atoms with Crippen molar-refractivity contribution in [3.8, 4) is 0 Å². The van der Waals surface area contributed by atoms with E-state index in [-0.39, 0.29) is 6.04 Å². The molecule has 0 amide bonds. The molecule has 0 saturated carbocycles. The highest BCUT2D eigenvalue weighted by atomic mass is 15.4. The summed E-state index contributed by atoms with van der Waals surface area (Å²) in [6.45, 7) is 3.18. The molecule has 6 nitrogen and oxygen atoms in total. The SMILES string of the molecule is NC1CN(Cc2cn(Cc3cccnc3)nn2)Cc2ccccc21. The van der Waals surface area contributed by atoms with Crippen molar-refractivity contribution >= 4 is 0 Å². The van der Waals surface area contributed by atoms with Crippen molar-refractivity contribution in [2.75, 3.05) is 6.54 Å². The van der Waals surface area contributed by atoms with Gasteiger partial charge in [-0.15, -0.1) is 5.10 Å². The van der Waals surface area contributed by atoms with Gasteiger partial charge in [0.15, 0.2) is 0 Å². The van der Waals surface area contributed by atoms with E-state index in [1.165, 1.54) is 11.1 Å². The Labute approximate surface area is 140 Å². The minimum absolute atomic E-state index is 0.0559. The van der Waals surface area contributed by atoms with E-state index in [1.807, 2.05) is 29.2 Å². The van der Waals surface area contributed by atoms with Crippen LogP contribution in [-0.2, 0) is 19.6 Å². The van der Waals surface area contributed by atoms with Crippen molar-refractivity contribution in [1.29, 1.82) is 0 Å². The molecule has 0 radical (unpaired) electrons. The van der Waals surface area contributed by atoms with Crippen LogP contribution >= 0.6 is 0 Å². The second kappa shape index (κ2) is 6.51. The molecule has 1 atom stereocenters. The molecule has 0 bridgehead atoms. The lowest BCUT2D eigenvalue weighted by Crippen LogP contribution is -2.36. The van der Waals surface area contributed by atoms with Crippen molar-refractivity contribution in [2.24, 2.45) is 5.73 Å². The van der Waals surface area contributed by atoms with Crippen LogP contribution in [-0.4, -0.2) is 31.4 Å². The van der Waals surface area contributed by atoms with Gasteiger partial charge >= 0.3 is 0 Å². The van der Waals surface area contributed by atoms with E-state index >= 15 is 0 Å². The van der Waals surface area contributed by atoms with Crippen LogP contribution in [0, 0.1) is 0 Å². The Kier molecular flexibility index (Phi) is 4.06. The van der Waals surface area contributed by atoms with Crippen LogP contribution in [0.25, 0.3) is 0 Å². The fourth-order valence-electron chi connectivity index (χ4n) is 3.24. The third-order valence-corrected chi connectivity index (χ3v) is 4.34. The van der Waals surface area contributed by atoms with Gasteiger partial charge in [0.25, 0.3) is 0 Å². The summed E-state index contributed by atoms with van der Waals surface area (Å²) < 4.78 is 1.85. The predicted octanol–water partition coefficient (Wildman–Crippen LogP) is 1.74. The number of aromatic nitrogens is 4. The highest BCUT2D eigenvalue weighted by Gasteiger charge is 2.22. The maximum absolute atomic E-state index is 6.31. The quantitative estimate of drug-likeness (QED) is 0.792. The molecule has 1 aromatic carbocycles. The minimum atomic E-state index is 0.0559. The summed E-state index contributed by atoms with van der Waals surface area (Å²) >= 11 is 0. The molecule has 1 aliphatic rings. The normalized spacial score (nSPS) is 17.6. The number of nitrogens with zero attached hydrogens (tertiary/aromatic N) is 5. The molecule has 0 aliphatic carbocycles. The molecule has 1 unspecified atom stereocenters. The molecule has 122 valence electrons. The summed E-state index contributed by atoms with van der Waals surface area (Å²) in [5, 5.41) is 8.52. The van der Waals surface area contributed by atoms with Gasteiger partial charge in [-0.05, 0) is 22.8 Å². The van der Waals surface area contributed by atoms with Gasteiger partial charge in [-0.3, -0.25) is 9.88 Å². The predicted molar refractivity (Wildman–Crippen MR) is 90.8 cm³/mol. The van der Waals surface area contributed by atoms with Crippen LogP contribution in [0.5, 0.6) is 0 Å². The largest absolute Gasteiger partial charge is 0.323 e. The molecule has 2 N–H and O–H groups in total. The van der Waals surface area contributed by atoms with Crippen LogP contribution in [0.15, 0.2) is 55.0 Å². The first-order chi connectivity index (χ1) is 11.8. The van der Waals surface area contributed by atoms with Gasteiger partial charge in [-0.2, -0.15) is 0 Å². The first-order valence-electron chi connectivity index (χ1n) is 8.11. The molecular weight excluding hydrogens is 300 g/mol. The molecule has 3 heterocycles. The van der Waals surface area contributed by atoms with E-state index in [2.05, 4.69) is 44.5 Å². The van der Waals surface area contributed by atoms with E-state index in [9.17, 15) is 0 Å². The summed E-state index contributed by atoms with van der Waals surface area (Å²) in [5.41, 5.74) is 10.9. The number of nitrogens with two attached hydrogens (primary N) is 1. The van der Waals surface area contributed by atoms with Crippen molar-refractivity contribution in [3.05, 3.63) is 77.4 Å². The zero-order valence-corrected chi connectivity index (χ0v) is 13.4. The lowest BCUT2D eigenvalue weighted by molar-refractivity contribution is 0.220. The average Bonchev–Trinajstić information content (AvgIpc) is 3.03. The summed E-state index contributed by atoms with van der Waals surface area (Å²) in [4.78, 5) is 6.45. The second-order valence-electron chi connectivity index (χ2n) is 6.24. The van der Waals surface area contributed by atoms with Crippen LogP contribution in [0.1, 0.15) is 28.4 Å². The molecule has 4 rings (SSSR count). The number of benzene rings is 1. The van der Waals surface area contributed by atoms with Gasteiger partial charge in [-0.1, -0.05) is 35.5 Å². The van der Waals surface area contributed by atoms with Gasteiger partial charge < -0.3 is 5.73 Å². The minimum Gasteiger partial charge on any atom is -0.323 e. The van der Waals surface area contributed by atoms with Gasteiger partial charge in [0.05, 0.1) is 18.4 Å². The summed E-state index contributed by atoms with van der Waals surface area (Å²) in [5.74, 6) is 0. The van der Waals surface area contributed by atoms with E-state index in [1.54, 1.807) is 6.20 Å². The smallest absolute Gasteiger partial charge is 0.0967 e. The van der Waals surface area contributed by atoms with Crippen molar-refractivity contribution in [3.63, 3.8) is 0 Å². The number of rotatable bonds is 4. The summed E-state index contributed by atoms with van der Waals surface area (Å²) in [6.07, 6.45) is 5.62. The highest BCUT2D eigenvalue weighted by Crippen LogP contribution is 2.25. The Bertz CT molecular complexity index is 813. The summed E-state index contributed by atoms with van der Waals surface area (Å²) in [6, 6.07) is 12.4. The topological polar surface area (TPSA) is 72.9 Å². The van der Waals surface area contributed by atoms with Gasteiger partial charge in [0.1, 0.15) is 0 Å². The van der Waals surface area contributed by atoms with Crippen molar-refractivity contribution < 1.29 is 0 Å². The standard InChI is InChI=1S/C18H20N6/c19-18-13-23(10-15-5-1-2-6-17(15)18)11-16-12-24(22-21-16)9-14-4-3-7-20-8-14/h1-8,12,18H,9-11,13,19H2. The number of hydrogen-bond acceptors (Lipinski definition) is 5. The molecule has 2 aromatic heterocycles. The molecule has 3 aromatic rings. The Morgan fingerprint density at radius 3 is 2.92 bits per heavy atom. The second-order valence-corrected chi connectivity index (χ2v) is 6.24. The van der Waals surface area contributed by atoms with E-state index in [4.69, 9.17) is 5.73 Å². The van der Waals surface area contributed by atoms with Crippen LogP contribution in [0.3, 0.4) is 0 Å². The maximum atomic E-state index is 6.31. The van der Waals surface area contributed by atoms with Gasteiger partial charge in [0, 0.05) is 38.1 Å². The van der Waals surface area contributed by atoms with Crippen LogP contribution in [0.2, 0.25) is 0 Å². The van der Waals surface area contributed by atoms with E-state index in [0.717, 1.165) is 30.9 Å². The fourth-order valence-corrected chi connectivity index (χ4v) is 3.24. The molecule has 24 heavy (non-hydrogen) atoms. The van der Waals surface area contributed by atoms with Crippen molar-refractivity contribution in [2.45, 2.75) is 25.7 Å². The lowest BCUT2D eigenvalue weighted by Gasteiger charge is -2.32. The molecule has 0 fully saturated rings. The maximum Gasteiger partial charge on any atom is 0.0967 e. The van der Waals surface area contributed by atoms with Crippen molar-refractivity contribution in [1.82, 2.24) is 24.9 Å². The molecular formula is C18H20N6. The molecule has 0 saturated heterocycles. The fraction of sp³-hybridized carbons (Fsp3) is 0.278. The zero-order valence-electron chi connectivity index (χ0n) is 13.4. The van der Waals surface area contributed by atoms with E-state index in [0.29, 0.717) is 6.54 Å². The monoisotopic (exact) mass is 320 g/mol. The first-order valence-corrected chi connectivity index (χ1v) is 8.11. The van der Waals surface area contributed by atoms with E-state index < -0.39 is 0 Å². The highest BCUT2D eigenvalue weighted by molar-refractivity contribution is 5.32. The summed E-state index contributed by atoms with van der Waals surface area (Å²) in [7, 11) is 0. The third-order valence-electron chi connectivity index (χ3n) is 4.34. The Morgan fingerprint density at radius 2 is 2.04 bits per heavy atom. The van der Waals surface area contributed by atoms with Crippen LogP contribution < -0.4 is 5.73 Å². The number of fused-ring (bicyclic) bond motifs is 1. The number of pyridine rings is 1. The Morgan fingerprint density at radius 1 is 1.12 bits per heavy atom. The Hall–Kier alpha value is -2.57. The van der Waals surface area contributed by atoms with Crippen LogP contribution in [0.4, 0.5) is 0 Å². The average molecular weight is 320 g/mol. The molecule has 6 heteroatoms. The lowest BCUT2D eigenvalue weighted by atomic mass is 9.96. The first kappa shape index (κ1) is 15.0. The molecule has 0 spiro atoms. The number of hydrogen-bond donors (Lipinski definition) is 1. The Balaban J connectivity index is 1.43. The van der Waals surface area contributed by atoms with Gasteiger partial charge in [0.2, 0.25) is 0 Å². The molecule has 1 aliphatic heterocycles. The third kappa shape index (κ3) is 3.20.